The Labute approximate surface area is 102 Å². The van der Waals surface area contributed by atoms with Crippen LogP contribution in [0.1, 0.15) is 39.0 Å². The molecule has 1 atom stereocenters. The van der Waals surface area contributed by atoms with E-state index in [4.69, 9.17) is 10.5 Å². The van der Waals surface area contributed by atoms with Crippen LogP contribution >= 0.6 is 0 Å². The molecule has 1 saturated heterocycles. The molecule has 0 saturated carbocycles. The normalized spacial score (nSPS) is 22.6. The van der Waals surface area contributed by atoms with Crippen molar-refractivity contribution >= 4 is 11.9 Å². The maximum Gasteiger partial charge on any atom is 0.325 e. The summed E-state index contributed by atoms with van der Waals surface area (Å²) in [7, 11) is 0. The third-order valence-corrected chi connectivity index (χ3v) is 2.95. The SMILES string of the molecule is CCOC(=O)CN1CCCCCCC(N)C1=O. The van der Waals surface area contributed by atoms with E-state index in [-0.39, 0.29) is 18.4 Å². The van der Waals surface area contributed by atoms with Gasteiger partial charge in [0.05, 0.1) is 12.6 Å². The first-order valence-corrected chi connectivity index (χ1v) is 6.35. The number of hydrogen-bond donors (Lipinski definition) is 1. The van der Waals surface area contributed by atoms with Crippen LogP contribution in [0.4, 0.5) is 0 Å². The highest BCUT2D eigenvalue weighted by molar-refractivity contribution is 5.85. The quantitative estimate of drug-likeness (QED) is 0.738. The van der Waals surface area contributed by atoms with Crippen LogP contribution in [0, 0.1) is 0 Å². The summed E-state index contributed by atoms with van der Waals surface area (Å²) in [4.78, 5) is 24.9. The molecule has 0 bridgehead atoms. The van der Waals surface area contributed by atoms with Gasteiger partial charge in [-0.15, -0.1) is 0 Å². The fourth-order valence-electron chi connectivity index (χ4n) is 2.01. The number of hydrogen-bond acceptors (Lipinski definition) is 4. The summed E-state index contributed by atoms with van der Waals surface area (Å²) in [5.41, 5.74) is 5.81. The predicted octanol–water partition coefficient (Wildman–Crippen LogP) is 0.669. The largest absolute Gasteiger partial charge is 0.465 e. The fourth-order valence-corrected chi connectivity index (χ4v) is 2.01. The number of rotatable bonds is 3. The average Bonchev–Trinajstić information content (AvgIpc) is 2.36. The summed E-state index contributed by atoms with van der Waals surface area (Å²) >= 11 is 0. The van der Waals surface area contributed by atoms with Gasteiger partial charge in [-0.25, -0.2) is 0 Å². The molecule has 5 nitrogen and oxygen atoms in total. The van der Waals surface area contributed by atoms with Gasteiger partial charge in [-0.3, -0.25) is 9.59 Å². The predicted molar refractivity (Wildman–Crippen MR) is 64.3 cm³/mol. The molecule has 1 fully saturated rings. The first kappa shape index (κ1) is 14.0. The van der Waals surface area contributed by atoms with Gasteiger partial charge in [0.15, 0.2) is 0 Å². The van der Waals surface area contributed by atoms with Crippen LogP contribution in [0.3, 0.4) is 0 Å². The molecule has 0 aliphatic carbocycles. The summed E-state index contributed by atoms with van der Waals surface area (Å²) in [5.74, 6) is -0.479. The lowest BCUT2D eigenvalue weighted by atomic mass is 10.1. The van der Waals surface area contributed by atoms with Crippen molar-refractivity contribution in [2.45, 2.75) is 45.1 Å². The Kier molecular flexibility index (Phi) is 5.97. The summed E-state index contributed by atoms with van der Waals surface area (Å²) in [6, 6.07) is -0.470. The molecule has 1 heterocycles. The van der Waals surface area contributed by atoms with Crippen LogP contribution < -0.4 is 5.73 Å². The molecular formula is C12H22N2O3. The average molecular weight is 242 g/mol. The maximum atomic E-state index is 12.0. The van der Waals surface area contributed by atoms with Gasteiger partial charge in [0.1, 0.15) is 6.54 Å². The van der Waals surface area contributed by atoms with Gasteiger partial charge in [-0.2, -0.15) is 0 Å². The van der Waals surface area contributed by atoms with Crippen molar-refractivity contribution in [3.05, 3.63) is 0 Å². The Morgan fingerprint density at radius 1 is 1.41 bits per heavy atom. The molecule has 0 aromatic rings. The molecule has 98 valence electrons. The zero-order valence-corrected chi connectivity index (χ0v) is 10.5. The standard InChI is InChI=1S/C12H22N2O3/c1-2-17-11(15)9-14-8-6-4-3-5-7-10(13)12(14)16/h10H,2-9,13H2,1H3. The molecule has 1 amide bonds. The zero-order valence-electron chi connectivity index (χ0n) is 10.5. The smallest absolute Gasteiger partial charge is 0.325 e. The minimum Gasteiger partial charge on any atom is -0.465 e. The lowest BCUT2D eigenvalue weighted by Crippen LogP contribution is -2.46. The number of nitrogens with two attached hydrogens (primary N) is 1. The van der Waals surface area contributed by atoms with Gasteiger partial charge < -0.3 is 15.4 Å². The minimum atomic E-state index is -0.470. The Morgan fingerprint density at radius 2 is 2.12 bits per heavy atom. The highest BCUT2D eigenvalue weighted by Gasteiger charge is 2.23. The molecule has 0 aromatic carbocycles. The van der Waals surface area contributed by atoms with Gasteiger partial charge in [0, 0.05) is 6.54 Å². The van der Waals surface area contributed by atoms with Crippen LogP contribution in [0.15, 0.2) is 0 Å². The molecule has 17 heavy (non-hydrogen) atoms. The number of ether oxygens (including phenoxy) is 1. The lowest BCUT2D eigenvalue weighted by Gasteiger charge is -2.23. The minimum absolute atomic E-state index is 0.0281. The van der Waals surface area contributed by atoms with E-state index in [2.05, 4.69) is 0 Å². The molecular weight excluding hydrogens is 220 g/mol. The van der Waals surface area contributed by atoms with Gasteiger partial charge in [0.25, 0.3) is 0 Å². The lowest BCUT2D eigenvalue weighted by molar-refractivity contribution is -0.149. The molecule has 1 unspecified atom stereocenters. The van der Waals surface area contributed by atoms with Crippen molar-refractivity contribution in [2.24, 2.45) is 5.73 Å². The van der Waals surface area contributed by atoms with Gasteiger partial charge >= 0.3 is 5.97 Å². The van der Waals surface area contributed by atoms with Crippen molar-refractivity contribution < 1.29 is 14.3 Å². The van der Waals surface area contributed by atoms with E-state index in [1.165, 1.54) is 4.90 Å². The second kappa shape index (κ2) is 7.27. The summed E-state index contributed by atoms with van der Waals surface area (Å²) in [5, 5.41) is 0. The van der Waals surface area contributed by atoms with Crippen LogP contribution in [0.5, 0.6) is 0 Å². The van der Waals surface area contributed by atoms with Gasteiger partial charge in [-0.05, 0) is 19.8 Å². The second-order valence-electron chi connectivity index (χ2n) is 4.37. The Balaban J connectivity index is 2.57. The van der Waals surface area contributed by atoms with Crippen LogP contribution in [-0.2, 0) is 14.3 Å². The molecule has 1 aliphatic heterocycles. The summed E-state index contributed by atoms with van der Waals surface area (Å²) in [6.07, 6.45) is 4.81. The van der Waals surface area contributed by atoms with Crippen LogP contribution in [-0.4, -0.2) is 42.5 Å². The van der Waals surface area contributed by atoms with Crippen molar-refractivity contribution in [3.63, 3.8) is 0 Å². The van der Waals surface area contributed by atoms with Crippen molar-refractivity contribution in [3.8, 4) is 0 Å². The molecule has 0 aromatic heterocycles. The summed E-state index contributed by atoms with van der Waals surface area (Å²) in [6.45, 7) is 2.72. The third-order valence-electron chi connectivity index (χ3n) is 2.95. The number of amides is 1. The Morgan fingerprint density at radius 3 is 2.82 bits per heavy atom. The maximum absolute atomic E-state index is 12.0. The van der Waals surface area contributed by atoms with E-state index in [1.807, 2.05) is 0 Å². The number of esters is 1. The number of carbonyl (C=O) groups excluding carboxylic acids is 2. The molecule has 0 radical (unpaired) electrons. The van der Waals surface area contributed by atoms with Gasteiger partial charge in [0.2, 0.25) is 5.91 Å². The molecule has 1 rings (SSSR count). The van der Waals surface area contributed by atoms with E-state index in [1.54, 1.807) is 6.92 Å². The van der Waals surface area contributed by atoms with E-state index in [0.29, 0.717) is 19.6 Å². The monoisotopic (exact) mass is 242 g/mol. The Bertz CT molecular complexity index is 268. The Hall–Kier alpha value is -1.10. The third kappa shape index (κ3) is 4.73. The fraction of sp³-hybridized carbons (Fsp3) is 0.833. The number of nitrogens with zero attached hydrogens (tertiary/aromatic N) is 1. The van der Waals surface area contributed by atoms with E-state index >= 15 is 0 Å². The molecule has 5 heteroatoms. The topological polar surface area (TPSA) is 72.6 Å². The highest BCUT2D eigenvalue weighted by atomic mass is 16.5. The molecule has 0 spiro atoms. The first-order valence-electron chi connectivity index (χ1n) is 6.35. The summed E-state index contributed by atoms with van der Waals surface area (Å²) < 4.78 is 4.86. The van der Waals surface area contributed by atoms with Gasteiger partial charge in [-0.1, -0.05) is 19.3 Å². The van der Waals surface area contributed by atoms with Crippen molar-refractivity contribution in [1.29, 1.82) is 0 Å². The zero-order chi connectivity index (χ0) is 12.7. The highest BCUT2D eigenvalue weighted by Crippen LogP contribution is 2.11. The molecule has 2 N–H and O–H groups in total. The first-order chi connectivity index (χ1) is 8.15. The second-order valence-corrected chi connectivity index (χ2v) is 4.37. The van der Waals surface area contributed by atoms with Crippen LogP contribution in [0.2, 0.25) is 0 Å². The number of carbonyl (C=O) groups is 2. The van der Waals surface area contributed by atoms with Crippen LogP contribution in [0.25, 0.3) is 0 Å². The molecule has 1 aliphatic rings. The van der Waals surface area contributed by atoms with E-state index < -0.39 is 6.04 Å². The van der Waals surface area contributed by atoms with E-state index in [0.717, 1.165) is 25.7 Å². The van der Waals surface area contributed by atoms with E-state index in [9.17, 15) is 9.59 Å². The van der Waals surface area contributed by atoms with Crippen molar-refractivity contribution in [2.75, 3.05) is 19.7 Å². The van der Waals surface area contributed by atoms with Crippen molar-refractivity contribution in [1.82, 2.24) is 4.90 Å².